The summed E-state index contributed by atoms with van der Waals surface area (Å²) in [7, 11) is 4.16. The topological polar surface area (TPSA) is 9.23 Å². The van der Waals surface area contributed by atoms with E-state index in [9.17, 15) is 0 Å². The lowest BCUT2D eigenvalue weighted by molar-refractivity contribution is 0.0546. The molecule has 3 atom stereocenters. The van der Waals surface area contributed by atoms with Gasteiger partial charge < -0.3 is 4.74 Å². The Morgan fingerprint density at radius 3 is 2.18 bits per heavy atom. The lowest BCUT2D eigenvalue weighted by atomic mass is 9.67. The number of hydrogen-bond acceptors (Lipinski definition) is 1. The van der Waals surface area contributed by atoms with E-state index in [2.05, 4.69) is 28.6 Å². The molecule has 0 N–H and O–H groups in total. The van der Waals surface area contributed by atoms with Crippen LogP contribution in [0.15, 0.2) is 0 Å². The predicted molar refractivity (Wildman–Crippen MR) is 50.7 cm³/mol. The number of ether oxygens (including phenoxy) is 1. The highest BCUT2D eigenvalue weighted by Gasteiger charge is 2.44. The molecule has 0 aromatic rings. The molecule has 64 valence electrons. The highest BCUT2D eigenvalue weighted by molar-refractivity contribution is 6.12. The van der Waals surface area contributed by atoms with Gasteiger partial charge >= 0.3 is 0 Å². The molecule has 1 nitrogen and oxygen atoms in total. The van der Waals surface area contributed by atoms with Crippen LogP contribution in [0.25, 0.3) is 0 Å². The minimum Gasteiger partial charge on any atom is -0.381 e. The highest BCUT2D eigenvalue weighted by Crippen LogP contribution is 2.50. The number of hydrogen-bond donors (Lipinski definition) is 0. The quantitative estimate of drug-likeness (QED) is 0.520. The van der Waals surface area contributed by atoms with Gasteiger partial charge in [0.05, 0.1) is 6.10 Å². The van der Waals surface area contributed by atoms with E-state index in [4.69, 9.17) is 4.74 Å². The Bertz CT molecular complexity index is 144. The summed E-state index contributed by atoms with van der Waals surface area (Å²) in [4.78, 5) is 0. The molecule has 0 heterocycles. The van der Waals surface area contributed by atoms with Gasteiger partial charge in [0, 0.05) is 7.11 Å². The van der Waals surface area contributed by atoms with Gasteiger partial charge in [0.1, 0.15) is 7.85 Å². The molecule has 0 radical (unpaired) electrons. The van der Waals surface area contributed by atoms with Gasteiger partial charge in [-0.05, 0) is 17.8 Å². The molecule has 3 unspecified atom stereocenters. The molecule has 1 fully saturated rings. The van der Waals surface area contributed by atoms with Crippen molar-refractivity contribution in [3.8, 4) is 0 Å². The minimum atomic E-state index is 0.459. The monoisotopic (exact) mass is 154 g/mol. The van der Waals surface area contributed by atoms with Gasteiger partial charge in [-0.25, -0.2) is 0 Å². The molecule has 0 bridgehead atoms. The van der Waals surface area contributed by atoms with E-state index in [0.717, 1.165) is 5.82 Å². The third kappa shape index (κ3) is 1.33. The Labute approximate surface area is 70.9 Å². The average Bonchev–Trinajstić information content (AvgIpc) is 2.14. The van der Waals surface area contributed by atoms with Crippen LogP contribution in [0.4, 0.5) is 0 Å². The SMILES string of the molecule is BC1CC(OC)C(C)C1(C)C. The van der Waals surface area contributed by atoms with Crippen molar-refractivity contribution in [1.29, 1.82) is 0 Å². The molecule has 0 spiro atoms. The third-order valence-electron chi connectivity index (χ3n) is 3.89. The van der Waals surface area contributed by atoms with E-state index >= 15 is 0 Å². The zero-order chi connectivity index (χ0) is 8.65. The van der Waals surface area contributed by atoms with Gasteiger partial charge in [-0.3, -0.25) is 0 Å². The highest BCUT2D eigenvalue weighted by atomic mass is 16.5. The minimum absolute atomic E-state index is 0.459. The fourth-order valence-corrected chi connectivity index (χ4v) is 2.08. The Kier molecular flexibility index (Phi) is 2.33. The van der Waals surface area contributed by atoms with Crippen molar-refractivity contribution in [2.24, 2.45) is 11.3 Å². The summed E-state index contributed by atoms with van der Waals surface area (Å²) in [6.45, 7) is 7.00. The van der Waals surface area contributed by atoms with Crippen LogP contribution in [0.2, 0.25) is 5.82 Å². The molecule has 2 heteroatoms. The fourth-order valence-electron chi connectivity index (χ4n) is 2.08. The molecule has 1 saturated carbocycles. The van der Waals surface area contributed by atoms with E-state index in [-0.39, 0.29) is 0 Å². The van der Waals surface area contributed by atoms with E-state index in [0.29, 0.717) is 17.4 Å². The lowest BCUT2D eigenvalue weighted by Crippen LogP contribution is -2.24. The smallest absolute Gasteiger partial charge is 0.106 e. The third-order valence-corrected chi connectivity index (χ3v) is 3.89. The first kappa shape index (κ1) is 9.12. The molecular weight excluding hydrogens is 135 g/mol. The van der Waals surface area contributed by atoms with Gasteiger partial charge in [0.15, 0.2) is 0 Å². The average molecular weight is 154 g/mol. The van der Waals surface area contributed by atoms with Crippen LogP contribution in [0.1, 0.15) is 27.2 Å². The molecule has 11 heavy (non-hydrogen) atoms. The van der Waals surface area contributed by atoms with Gasteiger partial charge in [-0.15, -0.1) is 0 Å². The largest absolute Gasteiger partial charge is 0.381 e. The summed E-state index contributed by atoms with van der Waals surface area (Å²) in [6, 6.07) is 0. The first-order valence-electron chi connectivity index (χ1n) is 4.53. The second-order valence-electron chi connectivity index (χ2n) is 4.52. The van der Waals surface area contributed by atoms with Crippen LogP contribution < -0.4 is 0 Å². The normalized spacial score (nSPS) is 42.7. The molecule has 1 aliphatic carbocycles. The van der Waals surface area contributed by atoms with Gasteiger partial charge in [0.25, 0.3) is 0 Å². The number of methoxy groups -OCH3 is 1. The Hall–Kier alpha value is 0.0249. The standard InChI is InChI=1S/C9H19BO/c1-6-7(11-4)5-8(10)9(6,2)3/h6-8H,5,10H2,1-4H3. The maximum absolute atomic E-state index is 5.43. The van der Waals surface area contributed by atoms with Gasteiger partial charge in [-0.1, -0.05) is 26.6 Å². The zero-order valence-electron chi connectivity index (χ0n) is 8.35. The maximum Gasteiger partial charge on any atom is 0.106 e. The van der Waals surface area contributed by atoms with Crippen molar-refractivity contribution in [2.75, 3.05) is 7.11 Å². The summed E-state index contributed by atoms with van der Waals surface area (Å²) in [5.41, 5.74) is 0.459. The summed E-state index contributed by atoms with van der Waals surface area (Å²) in [5.74, 6) is 1.49. The fraction of sp³-hybridized carbons (Fsp3) is 1.00. The van der Waals surface area contributed by atoms with Crippen LogP contribution in [0, 0.1) is 11.3 Å². The van der Waals surface area contributed by atoms with Crippen LogP contribution >= 0.6 is 0 Å². The molecule has 0 aromatic heterocycles. The Balaban J connectivity index is 2.71. The van der Waals surface area contributed by atoms with Crippen molar-refractivity contribution in [3.63, 3.8) is 0 Å². The van der Waals surface area contributed by atoms with E-state index in [1.54, 1.807) is 0 Å². The van der Waals surface area contributed by atoms with E-state index in [1.165, 1.54) is 6.42 Å². The first-order chi connectivity index (χ1) is 5.00. The molecule has 1 rings (SSSR count). The van der Waals surface area contributed by atoms with Crippen LogP contribution in [0.5, 0.6) is 0 Å². The molecule has 1 aliphatic rings. The van der Waals surface area contributed by atoms with Gasteiger partial charge in [-0.2, -0.15) is 0 Å². The van der Waals surface area contributed by atoms with Crippen LogP contribution in [-0.4, -0.2) is 21.1 Å². The van der Waals surface area contributed by atoms with E-state index in [1.807, 2.05) is 7.11 Å². The molecule has 0 saturated heterocycles. The molecule has 0 amide bonds. The van der Waals surface area contributed by atoms with E-state index < -0.39 is 0 Å². The van der Waals surface area contributed by atoms with Crippen LogP contribution in [-0.2, 0) is 4.74 Å². The van der Waals surface area contributed by atoms with Crippen molar-refractivity contribution in [2.45, 2.75) is 39.1 Å². The number of rotatable bonds is 1. The Morgan fingerprint density at radius 1 is 1.45 bits per heavy atom. The predicted octanol–water partition coefficient (Wildman–Crippen LogP) is 1.49. The van der Waals surface area contributed by atoms with Crippen molar-refractivity contribution in [3.05, 3.63) is 0 Å². The summed E-state index contributed by atoms with van der Waals surface area (Å²) >= 11 is 0. The zero-order valence-corrected chi connectivity index (χ0v) is 8.35. The first-order valence-corrected chi connectivity index (χ1v) is 4.53. The maximum atomic E-state index is 5.43. The van der Waals surface area contributed by atoms with Crippen molar-refractivity contribution >= 4 is 7.85 Å². The van der Waals surface area contributed by atoms with Crippen LogP contribution in [0.3, 0.4) is 0 Å². The van der Waals surface area contributed by atoms with Crippen molar-refractivity contribution in [1.82, 2.24) is 0 Å². The van der Waals surface area contributed by atoms with Crippen molar-refractivity contribution < 1.29 is 4.74 Å². The molecular formula is C9H19BO. The molecule has 0 aromatic carbocycles. The molecule has 0 aliphatic heterocycles. The Morgan fingerprint density at radius 2 is 2.00 bits per heavy atom. The second kappa shape index (κ2) is 2.82. The lowest BCUT2D eigenvalue weighted by Gasteiger charge is -2.29. The summed E-state index contributed by atoms with van der Waals surface area (Å²) < 4.78 is 5.43. The second-order valence-corrected chi connectivity index (χ2v) is 4.52. The summed E-state index contributed by atoms with van der Waals surface area (Å²) in [6.07, 6.45) is 1.71. The summed E-state index contributed by atoms with van der Waals surface area (Å²) in [5, 5.41) is 0. The van der Waals surface area contributed by atoms with Gasteiger partial charge in [0.2, 0.25) is 0 Å².